The first kappa shape index (κ1) is 22.3. The largest absolute Gasteiger partial charge is 0.504 e. The van der Waals surface area contributed by atoms with E-state index in [9.17, 15) is 29.7 Å². The number of aliphatic carboxylic acids is 1. The molecule has 1 aliphatic rings. The second kappa shape index (κ2) is 9.29. The normalized spacial score (nSPS) is 14.2. The molecule has 3 aromatic carbocycles. The Balaban J connectivity index is 1.60. The number of aromatic carboxylic acids is 1. The Labute approximate surface area is 193 Å². The molecule has 0 saturated heterocycles. The molecule has 0 unspecified atom stereocenters. The molecule has 0 aliphatic carbocycles. The van der Waals surface area contributed by atoms with Crippen molar-refractivity contribution < 1.29 is 34.4 Å². The number of phenolic OH excluding ortho intramolecular Hbond substituents is 1. The van der Waals surface area contributed by atoms with Crippen LogP contribution in [0.2, 0.25) is 0 Å². The fraction of sp³-hybridized carbons (Fsp3) is 0.0400. The van der Waals surface area contributed by atoms with Crippen molar-refractivity contribution in [1.29, 1.82) is 0 Å². The Kier molecular flexibility index (Phi) is 6.09. The van der Waals surface area contributed by atoms with E-state index in [1.54, 1.807) is 6.07 Å². The number of aromatic hydroxyl groups is 1. The second-order valence-corrected chi connectivity index (χ2v) is 7.29. The molecule has 4 rings (SSSR count). The lowest BCUT2D eigenvalue weighted by molar-refractivity contribution is -0.129. The van der Waals surface area contributed by atoms with E-state index in [-0.39, 0.29) is 34.9 Å². The number of carboxylic acids is 2. The van der Waals surface area contributed by atoms with E-state index in [4.69, 9.17) is 4.74 Å². The molecule has 0 radical (unpaired) electrons. The first-order valence-corrected chi connectivity index (χ1v) is 10.0. The summed E-state index contributed by atoms with van der Waals surface area (Å²) < 4.78 is 5.62. The summed E-state index contributed by atoms with van der Waals surface area (Å²) in [6, 6.07) is 19.2. The minimum atomic E-state index is -1.43. The number of carbonyl (C=O) groups is 3. The molecule has 3 N–H and O–H groups in total. The van der Waals surface area contributed by atoms with Gasteiger partial charge in [-0.2, -0.15) is 10.1 Å². The van der Waals surface area contributed by atoms with Crippen molar-refractivity contribution in [3.63, 3.8) is 0 Å². The molecule has 0 aromatic heterocycles. The van der Waals surface area contributed by atoms with Gasteiger partial charge < -0.3 is 20.1 Å². The van der Waals surface area contributed by atoms with Crippen molar-refractivity contribution in [2.75, 3.05) is 5.01 Å². The molecule has 3 aromatic rings. The van der Waals surface area contributed by atoms with E-state index >= 15 is 0 Å². The molecule has 0 saturated carbocycles. The quantitative estimate of drug-likeness (QED) is 0.461. The Hall–Kier alpha value is -4.92. The molecule has 34 heavy (non-hydrogen) atoms. The number of hydrogen-bond acceptors (Lipinski definition) is 6. The monoisotopic (exact) mass is 458 g/mol. The predicted octanol–water partition coefficient (Wildman–Crippen LogP) is 3.54. The molecule has 1 heterocycles. The van der Waals surface area contributed by atoms with Crippen LogP contribution in [-0.4, -0.2) is 38.9 Å². The average Bonchev–Trinajstić information content (AvgIpc) is 3.15. The highest BCUT2D eigenvalue weighted by molar-refractivity contribution is 6.53. The molecule has 9 heteroatoms. The molecular weight excluding hydrogens is 440 g/mol. The average molecular weight is 458 g/mol. The van der Waals surface area contributed by atoms with Gasteiger partial charge in [0.2, 0.25) is 0 Å². The molecule has 1 amide bonds. The van der Waals surface area contributed by atoms with Crippen LogP contribution in [0.1, 0.15) is 21.5 Å². The maximum Gasteiger partial charge on any atom is 0.357 e. The van der Waals surface area contributed by atoms with Crippen LogP contribution in [0.15, 0.2) is 83.5 Å². The molecule has 0 atom stereocenters. The van der Waals surface area contributed by atoms with Gasteiger partial charge in [0.25, 0.3) is 5.91 Å². The zero-order valence-electron chi connectivity index (χ0n) is 17.6. The number of benzene rings is 3. The summed E-state index contributed by atoms with van der Waals surface area (Å²) in [6.07, 6.45) is 1.29. The van der Waals surface area contributed by atoms with Crippen molar-refractivity contribution >= 4 is 35.3 Å². The van der Waals surface area contributed by atoms with Gasteiger partial charge in [-0.1, -0.05) is 42.5 Å². The zero-order chi connectivity index (χ0) is 24.2. The predicted molar refractivity (Wildman–Crippen MR) is 123 cm³/mol. The number of carbonyl (C=O) groups excluding carboxylic acids is 1. The van der Waals surface area contributed by atoms with Crippen molar-refractivity contribution in [3.05, 3.63) is 95.1 Å². The van der Waals surface area contributed by atoms with Crippen LogP contribution in [0.3, 0.4) is 0 Å². The van der Waals surface area contributed by atoms with Crippen LogP contribution >= 0.6 is 0 Å². The molecule has 9 nitrogen and oxygen atoms in total. The topological polar surface area (TPSA) is 137 Å². The highest BCUT2D eigenvalue weighted by atomic mass is 16.5. The molecule has 0 fully saturated rings. The number of hydrazone groups is 1. The van der Waals surface area contributed by atoms with Gasteiger partial charge >= 0.3 is 11.9 Å². The van der Waals surface area contributed by atoms with Crippen LogP contribution in [0.5, 0.6) is 11.5 Å². The Morgan fingerprint density at radius 3 is 2.38 bits per heavy atom. The number of nitrogens with zero attached hydrogens (tertiary/aromatic N) is 2. The van der Waals surface area contributed by atoms with E-state index in [0.717, 1.165) is 10.6 Å². The van der Waals surface area contributed by atoms with Crippen LogP contribution in [0.4, 0.5) is 5.69 Å². The SMILES string of the molecule is O=C(O)C1=NN(c2cccc(C(=O)O)c2)C(=O)/C1=C\c1ccc(OCc2ccccc2)c(O)c1. The minimum absolute atomic E-state index is 0.0779. The standard InChI is InChI=1S/C25H18N2O7/c28-20-12-16(9-10-21(20)34-14-15-5-2-1-3-6-15)11-19-22(25(32)33)26-27(23(19)29)18-8-4-7-17(13-18)24(30)31/h1-13,28H,14H2,(H,30,31)(H,32,33)/b19-11-. The third-order valence-corrected chi connectivity index (χ3v) is 4.95. The van der Waals surface area contributed by atoms with Gasteiger partial charge in [0, 0.05) is 0 Å². The fourth-order valence-electron chi connectivity index (χ4n) is 3.30. The zero-order valence-corrected chi connectivity index (χ0v) is 17.6. The number of ether oxygens (including phenoxy) is 1. The summed E-state index contributed by atoms with van der Waals surface area (Å²) >= 11 is 0. The third kappa shape index (κ3) is 4.63. The molecule has 0 spiro atoms. The van der Waals surface area contributed by atoms with E-state index < -0.39 is 23.6 Å². The van der Waals surface area contributed by atoms with Crippen LogP contribution in [-0.2, 0) is 16.2 Å². The number of amides is 1. The lowest BCUT2D eigenvalue weighted by atomic mass is 10.1. The van der Waals surface area contributed by atoms with Crippen molar-refractivity contribution in [2.45, 2.75) is 6.61 Å². The number of phenols is 1. The van der Waals surface area contributed by atoms with Gasteiger partial charge in [-0.05, 0) is 47.5 Å². The molecule has 1 aliphatic heterocycles. The molecule has 170 valence electrons. The van der Waals surface area contributed by atoms with Crippen molar-refractivity contribution in [2.24, 2.45) is 5.10 Å². The highest BCUT2D eigenvalue weighted by Gasteiger charge is 2.35. The summed E-state index contributed by atoms with van der Waals surface area (Å²) in [5.41, 5.74) is 0.576. The third-order valence-electron chi connectivity index (χ3n) is 4.95. The van der Waals surface area contributed by atoms with Crippen LogP contribution in [0.25, 0.3) is 6.08 Å². The van der Waals surface area contributed by atoms with E-state index in [0.29, 0.717) is 5.56 Å². The van der Waals surface area contributed by atoms with Crippen LogP contribution in [0, 0.1) is 0 Å². The van der Waals surface area contributed by atoms with E-state index in [1.165, 1.54) is 42.5 Å². The fourth-order valence-corrected chi connectivity index (χ4v) is 3.30. The Morgan fingerprint density at radius 2 is 1.71 bits per heavy atom. The number of anilines is 1. The summed E-state index contributed by atoms with van der Waals surface area (Å²) in [4.78, 5) is 35.9. The maximum atomic E-state index is 13.0. The van der Waals surface area contributed by atoms with E-state index in [1.807, 2.05) is 30.3 Å². The summed E-state index contributed by atoms with van der Waals surface area (Å²) in [6.45, 7) is 0.244. The number of carboxylic acid groups (broad SMARTS) is 2. The lowest BCUT2D eigenvalue weighted by Crippen LogP contribution is -2.22. The summed E-state index contributed by atoms with van der Waals surface area (Å²) in [7, 11) is 0. The first-order valence-electron chi connectivity index (χ1n) is 10.0. The van der Waals surface area contributed by atoms with Gasteiger partial charge in [0.15, 0.2) is 17.2 Å². The van der Waals surface area contributed by atoms with Gasteiger partial charge in [0.05, 0.1) is 16.8 Å². The minimum Gasteiger partial charge on any atom is -0.504 e. The maximum absolute atomic E-state index is 13.0. The second-order valence-electron chi connectivity index (χ2n) is 7.29. The van der Waals surface area contributed by atoms with Gasteiger partial charge in [-0.3, -0.25) is 4.79 Å². The first-order chi connectivity index (χ1) is 16.3. The lowest BCUT2D eigenvalue weighted by Gasteiger charge is -2.12. The van der Waals surface area contributed by atoms with Crippen molar-refractivity contribution in [1.82, 2.24) is 0 Å². The van der Waals surface area contributed by atoms with E-state index in [2.05, 4.69) is 5.10 Å². The smallest absolute Gasteiger partial charge is 0.357 e. The summed E-state index contributed by atoms with van der Waals surface area (Å²) in [5.74, 6) is -3.33. The van der Waals surface area contributed by atoms with Gasteiger partial charge in [-0.25, -0.2) is 9.59 Å². The highest BCUT2D eigenvalue weighted by Crippen LogP contribution is 2.30. The van der Waals surface area contributed by atoms with Gasteiger partial charge in [-0.15, -0.1) is 0 Å². The molecule has 0 bridgehead atoms. The Morgan fingerprint density at radius 1 is 0.941 bits per heavy atom. The molecular formula is C25H18N2O7. The van der Waals surface area contributed by atoms with Crippen LogP contribution < -0.4 is 9.75 Å². The van der Waals surface area contributed by atoms with Crippen molar-refractivity contribution in [3.8, 4) is 11.5 Å². The Bertz CT molecular complexity index is 1350. The summed E-state index contributed by atoms with van der Waals surface area (Å²) in [5, 5.41) is 33.8. The number of rotatable bonds is 7. The van der Waals surface area contributed by atoms with Gasteiger partial charge in [0.1, 0.15) is 6.61 Å². The number of hydrogen-bond donors (Lipinski definition) is 3.